The Morgan fingerprint density at radius 1 is 1.48 bits per heavy atom. The molecule has 2 amide bonds. The number of amides is 2. The van der Waals surface area contributed by atoms with Crippen LogP contribution in [-0.4, -0.2) is 22.2 Å². The summed E-state index contributed by atoms with van der Waals surface area (Å²) in [5, 5.41) is 0. The number of urea groups is 1. The molecule has 0 radical (unpaired) electrons. The average molecular weight is 340 g/mol. The molecular weight excluding hydrogens is 317 g/mol. The van der Waals surface area contributed by atoms with Crippen molar-refractivity contribution in [2.75, 3.05) is 6.54 Å². The van der Waals surface area contributed by atoms with Crippen molar-refractivity contribution in [3.8, 4) is 0 Å². The highest BCUT2D eigenvalue weighted by molar-refractivity contribution is 7.67. The minimum Gasteiger partial charge on any atom is -0.351 e. The summed E-state index contributed by atoms with van der Waals surface area (Å²) >= 11 is 0.583. The quantitative estimate of drug-likeness (QED) is 0.824. The van der Waals surface area contributed by atoms with Crippen molar-refractivity contribution in [2.24, 2.45) is 17.4 Å². The molecule has 4 N–H and O–H groups in total. The summed E-state index contributed by atoms with van der Waals surface area (Å²) in [4.78, 5) is 13.4. The molecule has 1 aromatic rings. The van der Waals surface area contributed by atoms with Crippen LogP contribution in [0.25, 0.3) is 0 Å². The highest BCUT2D eigenvalue weighted by Gasteiger charge is 2.47. The number of hydrogen-bond donors (Lipinski definition) is 2. The van der Waals surface area contributed by atoms with Crippen LogP contribution >= 0.6 is 0 Å². The molecule has 0 spiro atoms. The van der Waals surface area contributed by atoms with Crippen LogP contribution in [-0.2, 0) is 22.4 Å². The van der Waals surface area contributed by atoms with Crippen LogP contribution < -0.4 is 11.5 Å². The topological polar surface area (TPSA) is 89.4 Å². The fourth-order valence-corrected chi connectivity index (χ4v) is 3.65. The van der Waals surface area contributed by atoms with Crippen LogP contribution in [0.15, 0.2) is 18.2 Å². The lowest BCUT2D eigenvalue weighted by atomic mass is 9.79. The maximum absolute atomic E-state index is 13.5. The third-order valence-corrected chi connectivity index (χ3v) is 5.53. The second-order valence-electron chi connectivity index (χ2n) is 6.50. The largest absolute Gasteiger partial charge is 0.465 e. The number of nitrogens with two attached hydrogens (primary N) is 2. The van der Waals surface area contributed by atoms with E-state index in [1.807, 2.05) is 13.8 Å². The van der Waals surface area contributed by atoms with Gasteiger partial charge in [0, 0.05) is 37.1 Å². The molecule has 0 bridgehead atoms. The number of halogens is 1. The van der Waals surface area contributed by atoms with Crippen LogP contribution in [0.2, 0.25) is 0 Å². The van der Waals surface area contributed by atoms with E-state index in [1.165, 1.54) is 12.1 Å². The molecule has 23 heavy (non-hydrogen) atoms. The number of hydrogen-bond acceptors (Lipinski definition) is 3. The molecule has 1 aliphatic rings. The van der Waals surface area contributed by atoms with Crippen LogP contribution in [0.4, 0.5) is 9.18 Å². The molecule has 1 saturated heterocycles. The summed E-state index contributed by atoms with van der Waals surface area (Å²) in [5.74, 6) is -0.219. The van der Waals surface area contributed by atoms with E-state index in [4.69, 9.17) is 11.5 Å². The number of likely N-dealkylation sites (tertiary alicyclic amines) is 1. The lowest BCUT2D eigenvalue weighted by Gasteiger charge is -2.40. The smallest absolute Gasteiger partial charge is 0.351 e. The Balaban J connectivity index is 2.41. The van der Waals surface area contributed by atoms with Crippen molar-refractivity contribution in [1.82, 2.24) is 4.90 Å². The van der Waals surface area contributed by atoms with Gasteiger partial charge < -0.3 is 16.4 Å². The van der Waals surface area contributed by atoms with Gasteiger partial charge in [-0.15, -0.1) is 0 Å². The molecule has 1 aliphatic heterocycles. The molecule has 5 nitrogen and oxygen atoms in total. The molecule has 0 aromatic heterocycles. The molecule has 0 saturated carbocycles. The van der Waals surface area contributed by atoms with E-state index >= 15 is 0 Å². The first kappa shape index (κ1) is 17.7. The van der Waals surface area contributed by atoms with E-state index in [2.05, 4.69) is 0 Å². The maximum atomic E-state index is 13.5. The van der Waals surface area contributed by atoms with Gasteiger partial charge in [-0.05, 0) is 36.1 Å². The zero-order valence-electron chi connectivity index (χ0n) is 13.4. The second kappa shape index (κ2) is 6.88. The molecule has 2 atom stereocenters. The molecular formula is C16H23FN3O2S+. The monoisotopic (exact) mass is 340 g/mol. The lowest BCUT2D eigenvalue weighted by molar-refractivity contribution is 0.122. The summed E-state index contributed by atoms with van der Waals surface area (Å²) in [7, 11) is 0. The Kier molecular flexibility index (Phi) is 5.31. The number of carbonyl (C=O) groups excluding carboxylic acids is 1. The van der Waals surface area contributed by atoms with Gasteiger partial charge in [-0.2, -0.15) is 0 Å². The molecule has 0 aliphatic carbocycles. The first-order valence-electron chi connectivity index (χ1n) is 7.65. The average Bonchev–Trinajstić information content (AvgIpc) is 2.54. The molecule has 2 unspecified atom stereocenters. The summed E-state index contributed by atoms with van der Waals surface area (Å²) in [6.45, 7) is 4.50. The predicted octanol–water partition coefficient (Wildman–Crippen LogP) is 2.32. The van der Waals surface area contributed by atoms with Gasteiger partial charge in [0.15, 0.2) is 0 Å². The predicted molar refractivity (Wildman–Crippen MR) is 88.2 cm³/mol. The van der Waals surface area contributed by atoms with Gasteiger partial charge in [-0.1, -0.05) is 6.07 Å². The highest BCUT2D eigenvalue weighted by Crippen LogP contribution is 2.40. The van der Waals surface area contributed by atoms with Crippen molar-refractivity contribution in [3.05, 3.63) is 35.1 Å². The van der Waals surface area contributed by atoms with Gasteiger partial charge in [-0.25, -0.2) is 9.18 Å². The van der Waals surface area contributed by atoms with Crippen LogP contribution in [0, 0.1) is 11.7 Å². The molecule has 1 aromatic carbocycles. The standard InChI is InChI=1S/C16H22FN3O2S/c1-16(2,23-22)11-5-6-20(15(19)21)14(8-11)13-4-3-12(17)7-10(13)9-18/h3-4,7,11,14H,5-6,8-9,18H2,1-2H3,(H-,19,21)/p+1. The zero-order valence-corrected chi connectivity index (χ0v) is 14.2. The minimum absolute atomic E-state index is 0.140. The first-order chi connectivity index (χ1) is 10.8. The Bertz CT molecular complexity index is 609. The van der Waals surface area contributed by atoms with Crippen molar-refractivity contribution >= 4 is 17.7 Å². The molecule has 2 rings (SSSR count). The molecule has 1 fully saturated rings. The highest BCUT2D eigenvalue weighted by atomic mass is 32.1. The van der Waals surface area contributed by atoms with E-state index in [-0.39, 0.29) is 24.3 Å². The number of benzene rings is 1. The van der Waals surface area contributed by atoms with Gasteiger partial charge in [-0.3, -0.25) is 0 Å². The van der Waals surface area contributed by atoms with Crippen LogP contribution in [0.5, 0.6) is 0 Å². The summed E-state index contributed by atoms with van der Waals surface area (Å²) < 4.78 is 24.5. The minimum atomic E-state index is -0.506. The van der Waals surface area contributed by atoms with E-state index in [0.717, 1.165) is 12.0 Å². The van der Waals surface area contributed by atoms with E-state index in [9.17, 15) is 13.4 Å². The SMILES string of the molecule is CC(C)([S+]=O)C1CCN(C(N)=O)C(c2ccc(F)cc2CN)C1. The fraction of sp³-hybridized carbons (Fsp3) is 0.562. The van der Waals surface area contributed by atoms with E-state index < -0.39 is 10.8 Å². The Morgan fingerprint density at radius 2 is 2.17 bits per heavy atom. The summed E-state index contributed by atoms with van der Waals surface area (Å²) in [6, 6.07) is 3.64. The third-order valence-electron chi connectivity index (χ3n) is 4.77. The van der Waals surface area contributed by atoms with Crippen LogP contribution in [0.1, 0.15) is 43.9 Å². The van der Waals surface area contributed by atoms with Gasteiger partial charge in [0.2, 0.25) is 4.75 Å². The molecule has 126 valence electrons. The van der Waals surface area contributed by atoms with Gasteiger partial charge in [0.05, 0.1) is 6.04 Å². The summed E-state index contributed by atoms with van der Waals surface area (Å²) in [6.07, 6.45) is 1.34. The number of nitrogens with zero attached hydrogens (tertiary/aromatic N) is 1. The van der Waals surface area contributed by atoms with E-state index in [1.54, 1.807) is 11.0 Å². The van der Waals surface area contributed by atoms with E-state index in [0.29, 0.717) is 30.2 Å². The van der Waals surface area contributed by atoms with Crippen molar-refractivity contribution in [3.63, 3.8) is 0 Å². The molecule has 1 heterocycles. The maximum Gasteiger partial charge on any atom is 0.465 e. The number of primary amides is 1. The Morgan fingerprint density at radius 3 is 2.74 bits per heavy atom. The summed E-state index contributed by atoms with van der Waals surface area (Å²) in [5.41, 5.74) is 12.7. The Hall–Kier alpha value is -1.60. The van der Waals surface area contributed by atoms with Crippen molar-refractivity contribution < 1.29 is 13.4 Å². The van der Waals surface area contributed by atoms with Crippen molar-refractivity contribution in [2.45, 2.75) is 44.0 Å². The normalized spacial score (nSPS) is 22.0. The fourth-order valence-electron chi connectivity index (χ4n) is 3.30. The van der Waals surface area contributed by atoms with Gasteiger partial charge >= 0.3 is 17.7 Å². The third kappa shape index (κ3) is 3.67. The van der Waals surface area contributed by atoms with Gasteiger partial charge in [0.25, 0.3) is 0 Å². The second-order valence-corrected chi connectivity index (χ2v) is 7.72. The van der Waals surface area contributed by atoms with Crippen molar-refractivity contribution in [1.29, 1.82) is 0 Å². The number of carbonyl (C=O) groups is 1. The lowest BCUT2D eigenvalue weighted by Crippen LogP contribution is -2.48. The number of piperidine rings is 1. The van der Waals surface area contributed by atoms with Crippen LogP contribution in [0.3, 0.4) is 0 Å². The Labute approximate surface area is 139 Å². The van der Waals surface area contributed by atoms with Gasteiger partial charge in [0.1, 0.15) is 5.82 Å². The number of rotatable bonds is 4. The molecule has 7 heteroatoms. The zero-order chi connectivity index (χ0) is 17.2. The first-order valence-corrected chi connectivity index (χ1v) is 8.39.